The first kappa shape index (κ1) is 12.5. The van der Waals surface area contributed by atoms with Gasteiger partial charge in [-0.05, 0) is 19.3 Å². The van der Waals surface area contributed by atoms with Crippen LogP contribution in [-0.2, 0) is 14.6 Å². The monoisotopic (exact) mass is 258 g/mol. The highest BCUT2D eigenvalue weighted by Gasteiger charge is 2.47. The topological polar surface area (TPSA) is 66.8 Å². The van der Waals surface area contributed by atoms with E-state index in [1.807, 2.05) is 20.8 Å². The molecule has 0 N–H and O–H groups in total. The Morgan fingerprint density at radius 2 is 2.06 bits per heavy atom. The van der Waals surface area contributed by atoms with E-state index in [1.54, 1.807) is 0 Å². The molecule has 2 aliphatic rings. The Morgan fingerprint density at radius 3 is 2.47 bits per heavy atom. The number of carbonyl (C=O) groups excluding carboxylic acids is 1. The van der Waals surface area contributed by atoms with Gasteiger partial charge in [0.05, 0.1) is 29.2 Å². The molecule has 5 nitrogen and oxygen atoms in total. The predicted octanol–water partition coefficient (Wildman–Crippen LogP) is 0.808. The van der Waals surface area contributed by atoms with Crippen LogP contribution in [0.3, 0.4) is 0 Å². The summed E-state index contributed by atoms with van der Waals surface area (Å²) in [5, 5.41) is 5.73. The van der Waals surface area contributed by atoms with E-state index >= 15 is 0 Å². The van der Waals surface area contributed by atoms with Gasteiger partial charge in [-0.3, -0.25) is 4.79 Å². The second-order valence-corrected chi connectivity index (χ2v) is 7.65. The van der Waals surface area contributed by atoms with E-state index in [0.717, 1.165) is 5.71 Å². The zero-order valence-electron chi connectivity index (χ0n) is 10.4. The molecule has 0 saturated carbocycles. The van der Waals surface area contributed by atoms with E-state index in [2.05, 4.69) is 5.10 Å². The van der Waals surface area contributed by atoms with Crippen LogP contribution in [0.25, 0.3) is 0 Å². The Hall–Kier alpha value is -0.910. The molecule has 0 aromatic heterocycles. The number of nitrogens with zero attached hydrogens (tertiary/aromatic N) is 2. The second-order valence-electron chi connectivity index (χ2n) is 5.47. The Kier molecular flexibility index (Phi) is 2.80. The van der Waals surface area contributed by atoms with E-state index in [4.69, 9.17) is 0 Å². The van der Waals surface area contributed by atoms with Crippen molar-refractivity contribution in [3.63, 3.8) is 0 Å². The fourth-order valence-corrected chi connectivity index (χ4v) is 4.46. The lowest BCUT2D eigenvalue weighted by Gasteiger charge is -2.30. The molecule has 17 heavy (non-hydrogen) atoms. The van der Waals surface area contributed by atoms with E-state index < -0.39 is 15.4 Å². The summed E-state index contributed by atoms with van der Waals surface area (Å²) in [5.74, 6) is 0.333. The van der Waals surface area contributed by atoms with Crippen LogP contribution in [-0.4, -0.2) is 42.1 Å². The molecular weight excluding hydrogens is 240 g/mol. The van der Waals surface area contributed by atoms with Crippen LogP contribution in [0, 0.1) is 5.92 Å². The van der Waals surface area contributed by atoms with E-state index in [0.29, 0.717) is 12.8 Å². The van der Waals surface area contributed by atoms with Crippen LogP contribution >= 0.6 is 0 Å². The van der Waals surface area contributed by atoms with E-state index in [1.165, 1.54) is 5.01 Å². The van der Waals surface area contributed by atoms with Crippen molar-refractivity contribution in [3.8, 4) is 0 Å². The molecule has 0 spiro atoms. The van der Waals surface area contributed by atoms with Crippen molar-refractivity contribution in [3.05, 3.63) is 0 Å². The van der Waals surface area contributed by atoms with Gasteiger partial charge in [0.1, 0.15) is 0 Å². The molecule has 2 rings (SSSR count). The van der Waals surface area contributed by atoms with Crippen LogP contribution in [0.5, 0.6) is 0 Å². The van der Waals surface area contributed by atoms with E-state index in [-0.39, 0.29) is 23.3 Å². The minimum absolute atomic E-state index is 0.0284. The molecule has 0 aromatic rings. The quantitative estimate of drug-likeness (QED) is 0.736. The van der Waals surface area contributed by atoms with Crippen molar-refractivity contribution in [2.75, 3.05) is 11.5 Å². The van der Waals surface area contributed by atoms with Crippen molar-refractivity contribution < 1.29 is 13.2 Å². The summed E-state index contributed by atoms with van der Waals surface area (Å²) in [6, 6.07) is 0. The van der Waals surface area contributed by atoms with Crippen LogP contribution in [0.4, 0.5) is 0 Å². The second kappa shape index (κ2) is 3.80. The van der Waals surface area contributed by atoms with Gasteiger partial charge in [0.2, 0.25) is 5.91 Å². The average molecular weight is 258 g/mol. The maximum absolute atomic E-state index is 11.9. The molecule has 0 radical (unpaired) electrons. The Morgan fingerprint density at radius 1 is 1.41 bits per heavy atom. The third-order valence-electron chi connectivity index (χ3n) is 3.46. The normalized spacial score (nSPS) is 32.4. The van der Waals surface area contributed by atoms with Gasteiger partial charge in [0.15, 0.2) is 9.84 Å². The molecule has 96 valence electrons. The van der Waals surface area contributed by atoms with Gasteiger partial charge in [-0.2, -0.15) is 5.10 Å². The number of hydrogen-bond donors (Lipinski definition) is 0. The van der Waals surface area contributed by atoms with Crippen LogP contribution in [0.1, 0.15) is 33.6 Å². The molecule has 2 heterocycles. The Bertz CT molecular complexity index is 481. The summed E-state index contributed by atoms with van der Waals surface area (Å²) in [7, 11) is -3.02. The van der Waals surface area contributed by atoms with Crippen molar-refractivity contribution in [1.82, 2.24) is 5.01 Å². The predicted molar refractivity (Wildman–Crippen MR) is 65.4 cm³/mol. The summed E-state index contributed by atoms with van der Waals surface area (Å²) in [6.45, 7) is 5.79. The van der Waals surface area contributed by atoms with Crippen LogP contribution < -0.4 is 0 Å². The summed E-state index contributed by atoms with van der Waals surface area (Å²) >= 11 is 0. The molecule has 1 amide bonds. The molecule has 2 aliphatic heterocycles. The Balaban J connectivity index is 2.27. The maximum atomic E-state index is 11.9. The van der Waals surface area contributed by atoms with Crippen LogP contribution in [0.2, 0.25) is 0 Å². The fourth-order valence-electron chi connectivity index (χ4n) is 2.35. The third-order valence-corrected chi connectivity index (χ3v) is 5.35. The number of amides is 1. The molecule has 1 unspecified atom stereocenters. The molecule has 0 bridgehead atoms. The first-order valence-electron chi connectivity index (χ1n) is 5.84. The SMILES string of the molecule is CC(C)C1=NN(C2(C)CCS(=O)(=O)C2)C(=O)C1. The van der Waals surface area contributed by atoms with Crippen molar-refractivity contribution in [2.45, 2.75) is 39.2 Å². The highest BCUT2D eigenvalue weighted by molar-refractivity contribution is 7.91. The average Bonchev–Trinajstić information content (AvgIpc) is 2.69. The summed E-state index contributed by atoms with van der Waals surface area (Å²) in [6.07, 6.45) is 0.809. The highest BCUT2D eigenvalue weighted by atomic mass is 32.2. The van der Waals surface area contributed by atoms with E-state index in [9.17, 15) is 13.2 Å². The lowest BCUT2D eigenvalue weighted by molar-refractivity contribution is -0.133. The van der Waals surface area contributed by atoms with Crippen LogP contribution in [0.15, 0.2) is 5.10 Å². The molecular formula is C11H18N2O3S. The molecule has 1 saturated heterocycles. The van der Waals surface area contributed by atoms with Gasteiger partial charge in [-0.1, -0.05) is 13.8 Å². The number of hydrazone groups is 1. The number of rotatable bonds is 2. The minimum Gasteiger partial charge on any atom is -0.273 e. The number of sulfone groups is 1. The summed E-state index contributed by atoms with van der Waals surface area (Å²) in [5.41, 5.74) is 0.201. The fraction of sp³-hybridized carbons (Fsp3) is 0.818. The Labute approximate surface area is 102 Å². The summed E-state index contributed by atoms with van der Waals surface area (Å²) in [4.78, 5) is 11.9. The van der Waals surface area contributed by atoms with Gasteiger partial charge in [-0.25, -0.2) is 13.4 Å². The lowest BCUT2D eigenvalue weighted by Crippen LogP contribution is -2.45. The zero-order chi connectivity index (χ0) is 12.8. The molecule has 0 aromatic carbocycles. The zero-order valence-corrected chi connectivity index (χ0v) is 11.2. The van der Waals surface area contributed by atoms with Crippen molar-refractivity contribution in [2.24, 2.45) is 11.0 Å². The van der Waals surface area contributed by atoms with Crippen molar-refractivity contribution >= 4 is 21.5 Å². The highest BCUT2D eigenvalue weighted by Crippen LogP contribution is 2.33. The number of hydrogen-bond acceptors (Lipinski definition) is 4. The standard InChI is InChI=1S/C11H18N2O3S/c1-8(2)9-6-10(14)13(12-9)11(3)4-5-17(15,16)7-11/h8H,4-7H2,1-3H3. The lowest BCUT2D eigenvalue weighted by atomic mass is 10.0. The van der Waals surface area contributed by atoms with Crippen molar-refractivity contribution in [1.29, 1.82) is 0 Å². The van der Waals surface area contributed by atoms with Gasteiger partial charge in [0, 0.05) is 0 Å². The van der Waals surface area contributed by atoms with Gasteiger partial charge >= 0.3 is 0 Å². The molecule has 1 atom stereocenters. The smallest absolute Gasteiger partial charge is 0.248 e. The number of carbonyl (C=O) groups is 1. The minimum atomic E-state index is -3.02. The van der Waals surface area contributed by atoms with Gasteiger partial charge < -0.3 is 0 Å². The van der Waals surface area contributed by atoms with Gasteiger partial charge in [0.25, 0.3) is 0 Å². The molecule has 0 aliphatic carbocycles. The third kappa shape index (κ3) is 2.22. The summed E-state index contributed by atoms with van der Waals surface area (Å²) < 4.78 is 23.1. The largest absolute Gasteiger partial charge is 0.273 e. The van der Waals surface area contributed by atoms with Gasteiger partial charge in [-0.15, -0.1) is 0 Å². The first-order chi connectivity index (χ1) is 7.73. The maximum Gasteiger partial charge on any atom is 0.248 e. The molecule has 6 heteroatoms. The first-order valence-corrected chi connectivity index (χ1v) is 7.66. The molecule has 1 fully saturated rings.